The first kappa shape index (κ1) is 13.3. The molecule has 1 aromatic rings. The molecular formula is C10H14ClNO3S. The summed E-state index contributed by atoms with van der Waals surface area (Å²) in [5.74, 6) is 0.147. The Bertz CT molecular complexity index is 471. The number of benzene rings is 1. The van der Waals surface area contributed by atoms with Gasteiger partial charge in [0.25, 0.3) is 0 Å². The van der Waals surface area contributed by atoms with Gasteiger partial charge in [-0.15, -0.1) is 0 Å². The van der Waals surface area contributed by atoms with Crippen molar-refractivity contribution < 1.29 is 13.2 Å². The van der Waals surface area contributed by atoms with Crippen LogP contribution in [0.25, 0.3) is 0 Å². The van der Waals surface area contributed by atoms with Crippen molar-refractivity contribution in [1.29, 1.82) is 0 Å². The molecule has 6 heteroatoms. The van der Waals surface area contributed by atoms with E-state index in [1.54, 1.807) is 13.0 Å². The molecule has 0 spiro atoms. The maximum absolute atomic E-state index is 12.0. The number of halogens is 1. The summed E-state index contributed by atoms with van der Waals surface area (Å²) in [6.45, 7) is 1.63. The van der Waals surface area contributed by atoms with Crippen molar-refractivity contribution in [2.45, 2.75) is 17.9 Å². The second-order valence-corrected chi connectivity index (χ2v) is 5.99. The fourth-order valence-corrected chi connectivity index (χ4v) is 3.20. The fraction of sp³-hybridized carbons (Fsp3) is 0.400. The smallest absolute Gasteiger partial charge is 0.183 e. The molecule has 0 fully saturated rings. The van der Waals surface area contributed by atoms with E-state index in [4.69, 9.17) is 22.1 Å². The summed E-state index contributed by atoms with van der Waals surface area (Å²) < 4.78 is 28.9. The minimum atomic E-state index is -3.46. The Labute approximate surface area is 100 Å². The van der Waals surface area contributed by atoms with Gasteiger partial charge in [0.15, 0.2) is 9.84 Å². The highest BCUT2D eigenvalue weighted by molar-refractivity contribution is 7.91. The van der Waals surface area contributed by atoms with E-state index in [0.717, 1.165) is 0 Å². The monoisotopic (exact) mass is 263 g/mol. The maximum atomic E-state index is 12.0. The molecule has 0 radical (unpaired) electrons. The molecular weight excluding hydrogens is 250 g/mol. The lowest BCUT2D eigenvalue weighted by molar-refractivity contribution is 0.402. The third-order valence-corrected chi connectivity index (χ3v) is 4.13. The second-order valence-electron chi connectivity index (χ2n) is 3.55. The molecule has 2 N–H and O–H groups in total. The highest BCUT2D eigenvalue weighted by atomic mass is 35.5. The third kappa shape index (κ3) is 3.10. The summed E-state index contributed by atoms with van der Waals surface area (Å²) in [7, 11) is -2.05. The van der Waals surface area contributed by atoms with Crippen LogP contribution < -0.4 is 10.5 Å². The lowest BCUT2D eigenvalue weighted by Gasteiger charge is -2.11. The van der Waals surface area contributed by atoms with Gasteiger partial charge in [-0.1, -0.05) is 11.6 Å². The predicted octanol–water partition coefficient (Wildman–Crippen LogP) is 1.47. The summed E-state index contributed by atoms with van der Waals surface area (Å²) in [5, 5.41) is 0.351. The van der Waals surface area contributed by atoms with E-state index in [-0.39, 0.29) is 16.4 Å². The Balaban J connectivity index is 3.25. The summed E-state index contributed by atoms with van der Waals surface area (Å²) in [6, 6.07) is 4.04. The van der Waals surface area contributed by atoms with E-state index < -0.39 is 15.9 Å². The van der Waals surface area contributed by atoms with Crippen molar-refractivity contribution in [3.63, 3.8) is 0 Å². The highest BCUT2D eigenvalue weighted by Gasteiger charge is 2.21. The molecule has 0 aliphatic rings. The Morgan fingerprint density at radius 1 is 1.50 bits per heavy atom. The zero-order valence-electron chi connectivity index (χ0n) is 9.10. The average Bonchev–Trinajstić information content (AvgIpc) is 2.15. The molecule has 1 unspecified atom stereocenters. The van der Waals surface area contributed by atoms with Gasteiger partial charge in [0.05, 0.1) is 12.9 Å². The van der Waals surface area contributed by atoms with Crippen molar-refractivity contribution in [2.24, 2.45) is 5.73 Å². The SMILES string of the molecule is COc1ccc(Cl)cc1S(=O)(=O)CC(C)N. The lowest BCUT2D eigenvalue weighted by atomic mass is 10.3. The van der Waals surface area contributed by atoms with Crippen molar-refractivity contribution in [2.75, 3.05) is 12.9 Å². The maximum Gasteiger partial charge on any atom is 0.183 e. The molecule has 90 valence electrons. The summed E-state index contributed by atoms with van der Waals surface area (Å²) in [5.41, 5.74) is 5.49. The van der Waals surface area contributed by atoms with Crippen LogP contribution in [0, 0.1) is 0 Å². The van der Waals surface area contributed by atoms with Gasteiger partial charge < -0.3 is 10.5 Å². The Morgan fingerprint density at radius 2 is 2.12 bits per heavy atom. The standard InChI is InChI=1S/C10H14ClNO3S/c1-7(12)6-16(13,14)10-5-8(11)3-4-9(10)15-2/h3-5,7H,6,12H2,1-2H3. The first-order valence-electron chi connectivity index (χ1n) is 4.68. The first-order valence-corrected chi connectivity index (χ1v) is 6.71. The van der Waals surface area contributed by atoms with E-state index in [9.17, 15) is 8.42 Å². The van der Waals surface area contributed by atoms with Gasteiger partial charge in [0.1, 0.15) is 10.6 Å². The molecule has 0 saturated heterocycles. The quantitative estimate of drug-likeness (QED) is 0.893. The minimum absolute atomic E-state index is 0.0831. The van der Waals surface area contributed by atoms with Crippen LogP contribution in [0.2, 0.25) is 5.02 Å². The fourth-order valence-electron chi connectivity index (χ4n) is 1.33. The molecule has 0 bridgehead atoms. The van der Waals surface area contributed by atoms with Crippen LogP contribution in [-0.2, 0) is 9.84 Å². The van der Waals surface area contributed by atoms with E-state index in [1.165, 1.54) is 19.2 Å². The molecule has 4 nitrogen and oxygen atoms in total. The first-order chi connectivity index (χ1) is 7.36. The Hall–Kier alpha value is -0.780. The van der Waals surface area contributed by atoms with Gasteiger partial charge in [-0.05, 0) is 25.1 Å². The number of sulfone groups is 1. The van der Waals surface area contributed by atoms with Gasteiger partial charge in [-0.3, -0.25) is 0 Å². The zero-order valence-corrected chi connectivity index (χ0v) is 10.7. The third-order valence-electron chi connectivity index (χ3n) is 1.94. The molecule has 1 atom stereocenters. The van der Waals surface area contributed by atoms with Crippen molar-refractivity contribution in [3.8, 4) is 5.75 Å². The van der Waals surface area contributed by atoms with E-state index in [1.807, 2.05) is 0 Å². The molecule has 1 rings (SSSR count). The number of nitrogens with two attached hydrogens (primary N) is 1. The van der Waals surface area contributed by atoms with Crippen molar-refractivity contribution in [3.05, 3.63) is 23.2 Å². The summed E-state index contributed by atoms with van der Waals surface area (Å²) in [4.78, 5) is 0.0831. The topological polar surface area (TPSA) is 69.4 Å². The van der Waals surface area contributed by atoms with Crippen LogP contribution in [0.1, 0.15) is 6.92 Å². The number of hydrogen-bond acceptors (Lipinski definition) is 4. The van der Waals surface area contributed by atoms with Crippen LogP contribution in [0.3, 0.4) is 0 Å². The van der Waals surface area contributed by atoms with Gasteiger partial charge in [-0.2, -0.15) is 0 Å². The molecule has 0 saturated carbocycles. The zero-order chi connectivity index (χ0) is 12.3. The van der Waals surface area contributed by atoms with E-state index in [2.05, 4.69) is 0 Å². The molecule has 0 heterocycles. The minimum Gasteiger partial charge on any atom is -0.495 e. The second kappa shape index (κ2) is 5.03. The van der Waals surface area contributed by atoms with E-state index in [0.29, 0.717) is 5.02 Å². The molecule has 16 heavy (non-hydrogen) atoms. The largest absolute Gasteiger partial charge is 0.495 e. The predicted molar refractivity (Wildman–Crippen MR) is 63.7 cm³/mol. The molecule has 0 aromatic heterocycles. The number of ether oxygens (including phenoxy) is 1. The average molecular weight is 264 g/mol. The molecule has 1 aromatic carbocycles. The van der Waals surface area contributed by atoms with E-state index >= 15 is 0 Å². The highest BCUT2D eigenvalue weighted by Crippen LogP contribution is 2.28. The van der Waals surface area contributed by atoms with Crippen LogP contribution >= 0.6 is 11.6 Å². The molecule has 0 aliphatic carbocycles. The van der Waals surface area contributed by atoms with Crippen molar-refractivity contribution in [1.82, 2.24) is 0 Å². The molecule has 0 aliphatic heterocycles. The van der Waals surface area contributed by atoms with Crippen LogP contribution in [0.4, 0.5) is 0 Å². The van der Waals surface area contributed by atoms with Crippen LogP contribution in [0.5, 0.6) is 5.75 Å². The Morgan fingerprint density at radius 3 is 2.62 bits per heavy atom. The molecule has 0 amide bonds. The number of rotatable bonds is 4. The summed E-state index contributed by atoms with van der Waals surface area (Å²) >= 11 is 5.77. The van der Waals surface area contributed by atoms with Crippen LogP contribution in [-0.4, -0.2) is 27.3 Å². The number of methoxy groups -OCH3 is 1. The normalized spacial score (nSPS) is 13.5. The Kier molecular flexibility index (Phi) is 4.18. The van der Waals surface area contributed by atoms with Gasteiger partial charge >= 0.3 is 0 Å². The van der Waals surface area contributed by atoms with Gasteiger partial charge in [0.2, 0.25) is 0 Å². The summed E-state index contributed by atoms with van der Waals surface area (Å²) in [6.07, 6.45) is 0. The number of hydrogen-bond donors (Lipinski definition) is 1. The van der Waals surface area contributed by atoms with Gasteiger partial charge in [-0.25, -0.2) is 8.42 Å². The van der Waals surface area contributed by atoms with Gasteiger partial charge in [0, 0.05) is 11.1 Å². The van der Waals surface area contributed by atoms with Crippen molar-refractivity contribution >= 4 is 21.4 Å². The lowest BCUT2D eigenvalue weighted by Crippen LogP contribution is -2.26. The van der Waals surface area contributed by atoms with Crippen LogP contribution in [0.15, 0.2) is 23.1 Å².